The highest BCUT2D eigenvalue weighted by Crippen LogP contribution is 2.13. The quantitative estimate of drug-likeness (QED) is 0.750. The van der Waals surface area contributed by atoms with Crippen LogP contribution >= 0.6 is 0 Å². The molecule has 0 aromatic heterocycles. The smallest absolute Gasteiger partial charge is 0.321 e. The van der Waals surface area contributed by atoms with Crippen molar-refractivity contribution < 1.29 is 9.59 Å². The van der Waals surface area contributed by atoms with E-state index in [2.05, 4.69) is 16.0 Å². The van der Waals surface area contributed by atoms with Crippen LogP contribution in [0.1, 0.15) is 25.5 Å². The number of hydrogen-bond acceptors (Lipinski definition) is 3. The third kappa shape index (κ3) is 4.18. The molecule has 5 nitrogen and oxygen atoms in total. The summed E-state index contributed by atoms with van der Waals surface area (Å²) in [6.07, 6.45) is 0. The number of benzene rings is 1. The van der Waals surface area contributed by atoms with Gasteiger partial charge in [0.05, 0.1) is 0 Å². The lowest BCUT2D eigenvalue weighted by Gasteiger charge is -2.20. The molecule has 0 aliphatic carbocycles. The van der Waals surface area contributed by atoms with E-state index in [1.165, 1.54) is 7.05 Å². The summed E-state index contributed by atoms with van der Waals surface area (Å²) in [5.74, 6) is -0.366. The van der Waals surface area contributed by atoms with Gasteiger partial charge in [0.2, 0.25) is 5.91 Å². The molecule has 0 bridgehead atoms. The Labute approximate surface area is 107 Å². The molecule has 0 fully saturated rings. The number of rotatable bonds is 4. The van der Waals surface area contributed by atoms with Crippen LogP contribution in [0.25, 0.3) is 0 Å². The minimum atomic E-state index is -0.538. The monoisotopic (exact) mass is 249 g/mol. The van der Waals surface area contributed by atoms with Crippen LogP contribution in [-0.2, 0) is 4.79 Å². The lowest BCUT2D eigenvalue weighted by molar-refractivity contribution is -0.122. The van der Waals surface area contributed by atoms with Gasteiger partial charge in [0.1, 0.15) is 6.04 Å². The highest BCUT2D eigenvalue weighted by molar-refractivity contribution is 5.97. The zero-order chi connectivity index (χ0) is 13.5. The van der Waals surface area contributed by atoms with E-state index in [0.29, 0.717) is 0 Å². The van der Waals surface area contributed by atoms with Gasteiger partial charge in [-0.1, -0.05) is 30.3 Å². The van der Waals surface area contributed by atoms with E-state index in [-0.39, 0.29) is 11.9 Å². The van der Waals surface area contributed by atoms with Crippen molar-refractivity contribution in [3.05, 3.63) is 35.9 Å². The summed E-state index contributed by atoms with van der Waals surface area (Å²) in [6.45, 7) is 3.90. The molecule has 1 aromatic carbocycles. The van der Waals surface area contributed by atoms with E-state index in [1.54, 1.807) is 0 Å². The molecule has 0 spiro atoms. The molecule has 1 rings (SSSR count). The van der Waals surface area contributed by atoms with Crippen molar-refractivity contribution in [2.24, 2.45) is 0 Å². The molecule has 3 amide bonds. The summed E-state index contributed by atoms with van der Waals surface area (Å²) in [5, 5.41) is 7.77. The van der Waals surface area contributed by atoms with Crippen LogP contribution in [0.15, 0.2) is 30.3 Å². The van der Waals surface area contributed by atoms with Crippen LogP contribution < -0.4 is 16.0 Å². The van der Waals surface area contributed by atoms with Crippen molar-refractivity contribution in [1.82, 2.24) is 16.0 Å². The van der Waals surface area contributed by atoms with Gasteiger partial charge in [0, 0.05) is 13.1 Å². The first-order valence-electron chi connectivity index (χ1n) is 5.88. The number of imide groups is 1. The minimum absolute atomic E-state index is 0.130. The Morgan fingerprint density at radius 3 is 2.22 bits per heavy atom. The third-order valence-electron chi connectivity index (χ3n) is 2.36. The fraction of sp³-hybridized carbons (Fsp3) is 0.385. The van der Waals surface area contributed by atoms with Gasteiger partial charge in [-0.25, -0.2) is 4.79 Å². The summed E-state index contributed by atoms with van der Waals surface area (Å²) < 4.78 is 0. The Balaban J connectivity index is 2.85. The van der Waals surface area contributed by atoms with E-state index in [4.69, 9.17) is 0 Å². The average Bonchev–Trinajstić information content (AvgIpc) is 2.36. The molecule has 5 heteroatoms. The van der Waals surface area contributed by atoms with Crippen molar-refractivity contribution in [3.63, 3.8) is 0 Å². The van der Waals surface area contributed by atoms with Crippen LogP contribution in [-0.4, -0.2) is 25.0 Å². The number of carbonyl (C=O) groups excluding carboxylic acids is 2. The average molecular weight is 249 g/mol. The second-order valence-corrected chi connectivity index (χ2v) is 4.23. The van der Waals surface area contributed by atoms with E-state index in [9.17, 15) is 9.59 Å². The summed E-state index contributed by atoms with van der Waals surface area (Å²) in [6, 6.07) is 8.38. The SMILES string of the molecule is CNC(=O)NC(=O)[C@H](NC(C)C)c1ccccc1. The Kier molecular flexibility index (Phi) is 5.32. The summed E-state index contributed by atoms with van der Waals surface area (Å²) in [4.78, 5) is 23.2. The van der Waals surface area contributed by atoms with Crippen molar-refractivity contribution in [2.45, 2.75) is 25.9 Å². The lowest BCUT2D eigenvalue weighted by Crippen LogP contribution is -2.45. The predicted octanol–water partition coefficient (Wildman–Crippen LogP) is 1.18. The van der Waals surface area contributed by atoms with Gasteiger partial charge in [-0.3, -0.25) is 15.4 Å². The highest BCUT2D eigenvalue weighted by Gasteiger charge is 2.22. The molecule has 0 heterocycles. The Morgan fingerprint density at radius 1 is 1.11 bits per heavy atom. The summed E-state index contributed by atoms with van der Waals surface area (Å²) >= 11 is 0. The molecule has 1 aromatic rings. The maximum atomic E-state index is 12.0. The largest absolute Gasteiger partial charge is 0.341 e. The van der Waals surface area contributed by atoms with Gasteiger partial charge >= 0.3 is 6.03 Å². The van der Waals surface area contributed by atoms with E-state index in [1.807, 2.05) is 44.2 Å². The standard InChI is InChI=1S/C13H19N3O2/c1-9(2)15-11(10-7-5-4-6-8-10)12(17)16-13(18)14-3/h4-9,11,15H,1-3H3,(H2,14,16,17,18)/t11-/m1/s1. The number of amides is 3. The first-order chi connectivity index (χ1) is 8.54. The molecule has 0 saturated heterocycles. The first-order valence-corrected chi connectivity index (χ1v) is 5.88. The number of urea groups is 1. The van der Waals surface area contributed by atoms with Gasteiger partial charge in [-0.2, -0.15) is 0 Å². The second-order valence-electron chi connectivity index (χ2n) is 4.23. The second kappa shape index (κ2) is 6.76. The van der Waals surface area contributed by atoms with Crippen LogP contribution in [0.4, 0.5) is 4.79 Å². The van der Waals surface area contributed by atoms with Gasteiger partial charge < -0.3 is 5.32 Å². The number of nitrogens with one attached hydrogen (secondary N) is 3. The number of hydrogen-bond donors (Lipinski definition) is 3. The Hall–Kier alpha value is -1.88. The predicted molar refractivity (Wildman–Crippen MR) is 70.1 cm³/mol. The van der Waals surface area contributed by atoms with E-state index >= 15 is 0 Å². The molecule has 1 atom stereocenters. The molecular formula is C13H19N3O2. The highest BCUT2D eigenvalue weighted by atomic mass is 16.2. The lowest BCUT2D eigenvalue weighted by atomic mass is 10.1. The van der Waals surface area contributed by atoms with Crippen molar-refractivity contribution in [3.8, 4) is 0 Å². The molecule has 18 heavy (non-hydrogen) atoms. The van der Waals surface area contributed by atoms with Gasteiger partial charge in [0.15, 0.2) is 0 Å². The third-order valence-corrected chi connectivity index (χ3v) is 2.36. The minimum Gasteiger partial charge on any atom is -0.341 e. The maximum Gasteiger partial charge on any atom is 0.321 e. The van der Waals surface area contributed by atoms with E-state index < -0.39 is 12.1 Å². The fourth-order valence-corrected chi connectivity index (χ4v) is 1.55. The first kappa shape index (κ1) is 14.2. The van der Waals surface area contributed by atoms with Gasteiger partial charge in [0.25, 0.3) is 0 Å². The van der Waals surface area contributed by atoms with Gasteiger partial charge in [-0.15, -0.1) is 0 Å². The normalized spacial score (nSPS) is 12.0. The van der Waals surface area contributed by atoms with E-state index in [0.717, 1.165) is 5.56 Å². The summed E-state index contributed by atoms with van der Waals surface area (Å²) in [5.41, 5.74) is 0.826. The molecule has 0 unspecified atom stereocenters. The molecule has 0 saturated carbocycles. The summed E-state index contributed by atoms with van der Waals surface area (Å²) in [7, 11) is 1.47. The molecule has 3 N–H and O–H groups in total. The topological polar surface area (TPSA) is 70.2 Å². The van der Waals surface area contributed by atoms with Crippen LogP contribution in [0.5, 0.6) is 0 Å². The van der Waals surface area contributed by atoms with Crippen molar-refractivity contribution in [1.29, 1.82) is 0 Å². The molecule has 0 aliphatic heterocycles. The molecule has 0 aliphatic rings. The zero-order valence-electron chi connectivity index (χ0n) is 10.9. The maximum absolute atomic E-state index is 12.0. The van der Waals surface area contributed by atoms with Crippen molar-refractivity contribution >= 4 is 11.9 Å². The Morgan fingerprint density at radius 2 is 1.72 bits per heavy atom. The van der Waals surface area contributed by atoms with Crippen molar-refractivity contribution in [2.75, 3.05) is 7.05 Å². The van der Waals surface area contributed by atoms with Gasteiger partial charge in [-0.05, 0) is 19.4 Å². The molecule has 0 radical (unpaired) electrons. The zero-order valence-corrected chi connectivity index (χ0v) is 10.9. The molecule has 98 valence electrons. The molecular weight excluding hydrogens is 230 g/mol. The van der Waals surface area contributed by atoms with Crippen LogP contribution in [0.3, 0.4) is 0 Å². The Bertz CT molecular complexity index is 404. The van der Waals surface area contributed by atoms with Crippen LogP contribution in [0, 0.1) is 0 Å². The van der Waals surface area contributed by atoms with Crippen LogP contribution in [0.2, 0.25) is 0 Å². The fourth-order valence-electron chi connectivity index (χ4n) is 1.55. The number of carbonyl (C=O) groups is 2.